The normalized spacial score (nSPS) is 12.7. The molecule has 0 spiro atoms. The van der Waals surface area contributed by atoms with Crippen molar-refractivity contribution in [3.05, 3.63) is 27.7 Å². The van der Waals surface area contributed by atoms with Crippen LogP contribution in [0.15, 0.2) is 17.0 Å². The minimum absolute atomic E-state index is 0.00302. The summed E-state index contributed by atoms with van der Waals surface area (Å²) in [5, 5.41) is 0.443. The van der Waals surface area contributed by atoms with Gasteiger partial charge >= 0.3 is 0 Å². The van der Waals surface area contributed by atoms with Crippen LogP contribution < -0.4 is 10.5 Å². The monoisotopic (exact) mass is 324 g/mol. The van der Waals surface area contributed by atoms with Crippen LogP contribution in [0.4, 0.5) is 0 Å². The first kappa shape index (κ1) is 16.7. The number of rotatable bonds is 4. The summed E-state index contributed by atoms with van der Waals surface area (Å²) in [5.74, 6) is 0. The molecule has 0 aliphatic carbocycles. The van der Waals surface area contributed by atoms with E-state index in [2.05, 4.69) is 4.72 Å². The first-order valence-corrected chi connectivity index (χ1v) is 7.99. The highest BCUT2D eigenvalue weighted by Gasteiger charge is 2.23. The Morgan fingerprint density at radius 1 is 1.26 bits per heavy atom. The zero-order valence-corrected chi connectivity index (χ0v) is 13.5. The van der Waals surface area contributed by atoms with Gasteiger partial charge in [0.2, 0.25) is 10.0 Å². The lowest BCUT2D eigenvalue weighted by Crippen LogP contribution is -2.32. The molecule has 0 amide bonds. The van der Waals surface area contributed by atoms with Crippen molar-refractivity contribution in [1.29, 1.82) is 0 Å². The Kier molecular flexibility index (Phi) is 5.26. The van der Waals surface area contributed by atoms with Gasteiger partial charge in [-0.2, -0.15) is 0 Å². The molecule has 7 heteroatoms. The fourth-order valence-electron chi connectivity index (χ4n) is 1.36. The molecule has 0 unspecified atom stereocenters. The van der Waals surface area contributed by atoms with Crippen molar-refractivity contribution in [3.8, 4) is 0 Å². The van der Waals surface area contributed by atoms with Crippen LogP contribution in [0.1, 0.15) is 26.3 Å². The van der Waals surface area contributed by atoms with Crippen molar-refractivity contribution in [3.63, 3.8) is 0 Å². The smallest absolute Gasteiger partial charge is 0.242 e. The molecule has 108 valence electrons. The fraction of sp³-hybridized carbons (Fsp3) is 0.500. The summed E-state index contributed by atoms with van der Waals surface area (Å²) in [4.78, 5) is 0.00302. The van der Waals surface area contributed by atoms with Gasteiger partial charge in [-0.25, -0.2) is 13.1 Å². The average Bonchev–Trinajstić information content (AvgIpc) is 2.26. The SMILES string of the molecule is CC(C)(C)CNS(=O)(=O)c1ccc(Cl)c(CN)c1Cl. The van der Waals surface area contributed by atoms with Crippen LogP contribution in [-0.4, -0.2) is 15.0 Å². The molecule has 1 rings (SSSR count). The quantitative estimate of drug-likeness (QED) is 0.894. The number of halogens is 2. The van der Waals surface area contributed by atoms with Gasteiger partial charge in [0, 0.05) is 23.7 Å². The minimum Gasteiger partial charge on any atom is -0.326 e. The maximum atomic E-state index is 12.2. The summed E-state index contributed by atoms with van der Waals surface area (Å²) in [6.45, 7) is 6.20. The van der Waals surface area contributed by atoms with Crippen molar-refractivity contribution in [2.45, 2.75) is 32.2 Å². The Balaban J connectivity index is 3.16. The second-order valence-electron chi connectivity index (χ2n) is 5.43. The summed E-state index contributed by atoms with van der Waals surface area (Å²) < 4.78 is 26.9. The molecular formula is C12H18Cl2N2O2S. The molecule has 0 aliphatic heterocycles. The zero-order chi connectivity index (χ0) is 14.8. The molecule has 19 heavy (non-hydrogen) atoms. The zero-order valence-electron chi connectivity index (χ0n) is 11.1. The van der Waals surface area contributed by atoms with E-state index in [0.717, 1.165) is 0 Å². The molecule has 0 atom stereocenters. The highest BCUT2D eigenvalue weighted by atomic mass is 35.5. The highest BCUT2D eigenvalue weighted by molar-refractivity contribution is 7.89. The number of hydrogen-bond acceptors (Lipinski definition) is 3. The second-order valence-corrected chi connectivity index (χ2v) is 7.95. The van der Waals surface area contributed by atoms with Gasteiger partial charge in [0.25, 0.3) is 0 Å². The Hall–Kier alpha value is -0.330. The summed E-state index contributed by atoms with van der Waals surface area (Å²) in [6, 6.07) is 2.87. The molecule has 0 fully saturated rings. The van der Waals surface area contributed by atoms with E-state index in [1.54, 1.807) is 0 Å². The predicted molar refractivity (Wildman–Crippen MR) is 79.0 cm³/mol. The number of hydrogen-bond donors (Lipinski definition) is 2. The van der Waals surface area contributed by atoms with Crippen LogP contribution in [0.2, 0.25) is 10.0 Å². The van der Waals surface area contributed by atoms with Crippen molar-refractivity contribution in [2.24, 2.45) is 11.1 Å². The molecule has 4 nitrogen and oxygen atoms in total. The Bertz CT molecular complexity index is 566. The van der Waals surface area contributed by atoms with Crippen LogP contribution >= 0.6 is 23.2 Å². The number of nitrogens with one attached hydrogen (secondary N) is 1. The molecule has 0 heterocycles. The topological polar surface area (TPSA) is 72.2 Å². The van der Waals surface area contributed by atoms with Crippen molar-refractivity contribution < 1.29 is 8.42 Å². The molecule has 1 aromatic carbocycles. The van der Waals surface area contributed by atoms with Crippen molar-refractivity contribution in [2.75, 3.05) is 6.54 Å². The van der Waals surface area contributed by atoms with E-state index in [1.807, 2.05) is 20.8 Å². The Labute approximate surface area is 124 Å². The molecule has 0 aromatic heterocycles. The van der Waals surface area contributed by atoms with Gasteiger partial charge in [0.05, 0.1) is 5.02 Å². The summed E-state index contributed by atoms with van der Waals surface area (Å²) in [5.41, 5.74) is 5.79. The van der Waals surface area contributed by atoms with E-state index < -0.39 is 10.0 Å². The average molecular weight is 325 g/mol. The lowest BCUT2D eigenvalue weighted by atomic mass is 9.98. The summed E-state index contributed by atoms with van der Waals surface area (Å²) >= 11 is 12.0. The molecule has 0 radical (unpaired) electrons. The number of nitrogens with two attached hydrogens (primary N) is 1. The van der Waals surface area contributed by atoms with E-state index in [-0.39, 0.29) is 21.9 Å². The first-order valence-electron chi connectivity index (χ1n) is 5.75. The van der Waals surface area contributed by atoms with Gasteiger partial charge in [0.15, 0.2) is 0 Å². The van der Waals surface area contributed by atoms with Crippen molar-refractivity contribution >= 4 is 33.2 Å². The third kappa shape index (κ3) is 4.33. The van der Waals surface area contributed by atoms with Crippen LogP contribution in [0.5, 0.6) is 0 Å². The van der Waals surface area contributed by atoms with E-state index in [1.165, 1.54) is 12.1 Å². The van der Waals surface area contributed by atoms with Crippen LogP contribution in [0.25, 0.3) is 0 Å². The van der Waals surface area contributed by atoms with Gasteiger partial charge in [0.1, 0.15) is 4.90 Å². The maximum absolute atomic E-state index is 12.2. The number of benzene rings is 1. The molecule has 1 aromatic rings. The van der Waals surface area contributed by atoms with Crippen LogP contribution in [0, 0.1) is 5.41 Å². The lowest BCUT2D eigenvalue weighted by molar-refractivity contribution is 0.407. The maximum Gasteiger partial charge on any atom is 0.242 e. The minimum atomic E-state index is -3.67. The third-order valence-corrected chi connectivity index (χ3v) is 4.78. The van der Waals surface area contributed by atoms with Crippen molar-refractivity contribution in [1.82, 2.24) is 4.72 Å². The van der Waals surface area contributed by atoms with Gasteiger partial charge in [-0.15, -0.1) is 0 Å². The van der Waals surface area contributed by atoms with Gasteiger partial charge < -0.3 is 5.73 Å². The van der Waals surface area contributed by atoms with Gasteiger partial charge in [-0.05, 0) is 17.5 Å². The molecule has 0 aliphatic rings. The summed E-state index contributed by atoms with van der Waals surface area (Å²) in [7, 11) is -3.67. The molecule has 0 bridgehead atoms. The Morgan fingerprint density at radius 2 is 1.84 bits per heavy atom. The predicted octanol–water partition coefficient (Wildman–Crippen LogP) is 2.78. The molecule has 0 saturated carbocycles. The largest absolute Gasteiger partial charge is 0.326 e. The standard InChI is InChI=1S/C12H18Cl2N2O2S/c1-12(2,3)7-16-19(17,18)10-5-4-9(13)8(6-15)11(10)14/h4-5,16H,6-7,15H2,1-3H3. The van der Waals surface area contributed by atoms with E-state index in [9.17, 15) is 8.42 Å². The third-order valence-electron chi connectivity index (χ3n) is 2.44. The summed E-state index contributed by atoms with van der Waals surface area (Å²) in [6.07, 6.45) is 0. The lowest BCUT2D eigenvalue weighted by Gasteiger charge is -2.19. The van der Waals surface area contributed by atoms with Gasteiger partial charge in [-0.3, -0.25) is 0 Å². The van der Waals surface area contributed by atoms with E-state index in [4.69, 9.17) is 28.9 Å². The van der Waals surface area contributed by atoms with E-state index in [0.29, 0.717) is 17.1 Å². The highest BCUT2D eigenvalue weighted by Crippen LogP contribution is 2.30. The Morgan fingerprint density at radius 3 is 2.32 bits per heavy atom. The molecule has 0 saturated heterocycles. The van der Waals surface area contributed by atoms with Crippen LogP contribution in [0.3, 0.4) is 0 Å². The first-order chi connectivity index (χ1) is 8.58. The van der Waals surface area contributed by atoms with Gasteiger partial charge in [-0.1, -0.05) is 44.0 Å². The van der Waals surface area contributed by atoms with Crippen LogP contribution in [-0.2, 0) is 16.6 Å². The fourth-order valence-corrected chi connectivity index (χ4v) is 3.57. The molecular weight excluding hydrogens is 307 g/mol. The molecule has 3 N–H and O–H groups in total. The number of sulfonamides is 1. The second kappa shape index (κ2) is 5.97. The van der Waals surface area contributed by atoms with E-state index >= 15 is 0 Å².